The highest BCUT2D eigenvalue weighted by Gasteiger charge is 2.22. The molecular formula is C14H22N4O3S. The number of ether oxygens (including phenoxy) is 1. The molecule has 0 bridgehead atoms. The van der Waals surface area contributed by atoms with E-state index in [1.54, 1.807) is 6.92 Å². The van der Waals surface area contributed by atoms with Crippen LogP contribution in [0.2, 0.25) is 0 Å². The maximum atomic E-state index is 11.8. The summed E-state index contributed by atoms with van der Waals surface area (Å²) in [6.07, 6.45) is 1.25. The summed E-state index contributed by atoms with van der Waals surface area (Å²) >= 11 is 1.44. The van der Waals surface area contributed by atoms with Crippen molar-refractivity contribution in [3.63, 3.8) is 0 Å². The van der Waals surface area contributed by atoms with Crippen LogP contribution in [0, 0.1) is 0 Å². The normalized spacial score (nSPS) is 14.3. The lowest BCUT2D eigenvalue weighted by molar-refractivity contribution is -0.122. The van der Waals surface area contributed by atoms with Gasteiger partial charge in [-0.3, -0.25) is 15.0 Å². The van der Waals surface area contributed by atoms with Gasteiger partial charge in [0.25, 0.3) is 0 Å². The molecule has 0 saturated carbocycles. The summed E-state index contributed by atoms with van der Waals surface area (Å²) in [5.41, 5.74) is 1.00. The molecule has 122 valence electrons. The first-order valence-electron chi connectivity index (χ1n) is 7.53. The van der Waals surface area contributed by atoms with Crippen LogP contribution < -0.4 is 10.6 Å². The first-order valence-corrected chi connectivity index (χ1v) is 8.35. The van der Waals surface area contributed by atoms with Crippen LogP contribution >= 0.6 is 11.3 Å². The van der Waals surface area contributed by atoms with Gasteiger partial charge < -0.3 is 10.1 Å². The van der Waals surface area contributed by atoms with Crippen molar-refractivity contribution >= 4 is 28.5 Å². The standard InChI is InChI=1S/C14H22N4O3S/c1-3-6-15-12(19)9-18-7-5-10-11(8-18)22-13(16-10)17-14(20)21-4-2/h3-9H2,1-2H3,(H,15,19)(H,16,17,20). The number of fused-ring (bicyclic) bond motifs is 1. The second-order valence-electron chi connectivity index (χ2n) is 5.04. The van der Waals surface area contributed by atoms with E-state index >= 15 is 0 Å². The lowest BCUT2D eigenvalue weighted by Crippen LogP contribution is -2.39. The predicted octanol–water partition coefficient (Wildman–Crippen LogP) is 1.60. The summed E-state index contributed by atoms with van der Waals surface area (Å²) in [6.45, 7) is 6.73. The number of carbonyl (C=O) groups is 2. The Kier molecular flexibility index (Phi) is 6.14. The Morgan fingerprint density at radius 3 is 2.95 bits per heavy atom. The van der Waals surface area contributed by atoms with Crippen molar-refractivity contribution in [2.45, 2.75) is 33.2 Å². The van der Waals surface area contributed by atoms with Crippen LogP contribution in [0.1, 0.15) is 30.8 Å². The highest BCUT2D eigenvalue weighted by Crippen LogP contribution is 2.28. The molecule has 0 aromatic carbocycles. The van der Waals surface area contributed by atoms with Gasteiger partial charge in [0, 0.05) is 30.9 Å². The first kappa shape index (κ1) is 16.7. The van der Waals surface area contributed by atoms with E-state index in [-0.39, 0.29) is 5.91 Å². The van der Waals surface area contributed by atoms with Gasteiger partial charge in [-0.05, 0) is 13.3 Å². The van der Waals surface area contributed by atoms with E-state index < -0.39 is 6.09 Å². The van der Waals surface area contributed by atoms with Gasteiger partial charge in [-0.1, -0.05) is 18.3 Å². The van der Waals surface area contributed by atoms with Crippen LogP contribution in [-0.2, 0) is 22.5 Å². The third kappa shape index (κ3) is 4.67. The van der Waals surface area contributed by atoms with Crippen molar-refractivity contribution in [3.05, 3.63) is 10.6 Å². The molecule has 0 radical (unpaired) electrons. The van der Waals surface area contributed by atoms with Crippen molar-refractivity contribution in [1.82, 2.24) is 15.2 Å². The van der Waals surface area contributed by atoms with E-state index in [1.165, 1.54) is 11.3 Å². The number of hydrogen-bond donors (Lipinski definition) is 2. The van der Waals surface area contributed by atoms with Crippen molar-refractivity contribution in [2.75, 3.05) is 31.6 Å². The molecule has 2 rings (SSSR count). The van der Waals surface area contributed by atoms with Gasteiger partial charge in [0.05, 0.1) is 18.8 Å². The number of anilines is 1. The SMILES string of the molecule is CCCNC(=O)CN1CCc2nc(NC(=O)OCC)sc2C1. The van der Waals surface area contributed by atoms with Crippen LogP contribution in [0.25, 0.3) is 0 Å². The average molecular weight is 326 g/mol. The Hall–Kier alpha value is -1.67. The Morgan fingerprint density at radius 1 is 1.41 bits per heavy atom. The Balaban J connectivity index is 1.89. The van der Waals surface area contributed by atoms with E-state index in [1.807, 2.05) is 6.92 Å². The monoisotopic (exact) mass is 326 g/mol. The number of amides is 2. The minimum absolute atomic E-state index is 0.0553. The predicted molar refractivity (Wildman–Crippen MR) is 85.0 cm³/mol. The highest BCUT2D eigenvalue weighted by molar-refractivity contribution is 7.15. The van der Waals surface area contributed by atoms with Gasteiger partial charge in [0.2, 0.25) is 5.91 Å². The molecule has 1 aliphatic rings. The fraction of sp³-hybridized carbons (Fsp3) is 0.643. The second-order valence-corrected chi connectivity index (χ2v) is 6.13. The molecule has 8 heteroatoms. The molecule has 2 N–H and O–H groups in total. The van der Waals surface area contributed by atoms with E-state index in [0.717, 1.165) is 30.0 Å². The molecule has 0 unspecified atom stereocenters. The van der Waals surface area contributed by atoms with E-state index in [9.17, 15) is 9.59 Å². The van der Waals surface area contributed by atoms with Gasteiger partial charge in [-0.2, -0.15) is 0 Å². The van der Waals surface area contributed by atoms with Crippen molar-refractivity contribution < 1.29 is 14.3 Å². The van der Waals surface area contributed by atoms with Crippen LogP contribution in [0.4, 0.5) is 9.93 Å². The zero-order valence-corrected chi connectivity index (χ0v) is 13.8. The summed E-state index contributed by atoms with van der Waals surface area (Å²) in [7, 11) is 0. The lowest BCUT2D eigenvalue weighted by atomic mass is 10.2. The van der Waals surface area contributed by atoms with Crippen LogP contribution in [0.3, 0.4) is 0 Å². The fourth-order valence-electron chi connectivity index (χ4n) is 2.21. The number of hydrogen-bond acceptors (Lipinski definition) is 6. The first-order chi connectivity index (χ1) is 10.6. The number of aromatic nitrogens is 1. The van der Waals surface area contributed by atoms with E-state index in [4.69, 9.17) is 4.74 Å². The third-order valence-corrected chi connectivity index (χ3v) is 4.23. The summed E-state index contributed by atoms with van der Waals surface area (Å²) in [5, 5.41) is 6.07. The maximum absolute atomic E-state index is 11.8. The molecule has 2 heterocycles. The minimum Gasteiger partial charge on any atom is -0.450 e. The van der Waals surface area contributed by atoms with Crippen LogP contribution in [0.15, 0.2) is 0 Å². The van der Waals surface area contributed by atoms with Gasteiger partial charge >= 0.3 is 6.09 Å². The van der Waals surface area contributed by atoms with Crippen LogP contribution in [0.5, 0.6) is 0 Å². The topological polar surface area (TPSA) is 83.6 Å². The molecule has 1 aliphatic heterocycles. The molecule has 7 nitrogen and oxygen atoms in total. The molecule has 0 saturated heterocycles. The molecule has 0 spiro atoms. The zero-order valence-electron chi connectivity index (χ0n) is 13.0. The van der Waals surface area contributed by atoms with Gasteiger partial charge in [-0.15, -0.1) is 0 Å². The summed E-state index contributed by atoms with van der Waals surface area (Å²) < 4.78 is 4.84. The zero-order chi connectivity index (χ0) is 15.9. The largest absolute Gasteiger partial charge is 0.450 e. The molecule has 22 heavy (non-hydrogen) atoms. The average Bonchev–Trinajstić information content (AvgIpc) is 2.86. The van der Waals surface area contributed by atoms with E-state index in [0.29, 0.717) is 31.4 Å². The van der Waals surface area contributed by atoms with E-state index in [2.05, 4.69) is 20.5 Å². The van der Waals surface area contributed by atoms with Gasteiger partial charge in [0.15, 0.2) is 5.13 Å². The number of rotatable bonds is 6. The number of nitrogens with zero attached hydrogens (tertiary/aromatic N) is 2. The third-order valence-electron chi connectivity index (χ3n) is 3.23. The highest BCUT2D eigenvalue weighted by atomic mass is 32.1. The number of thiazole rings is 1. The Labute approximate surface area is 134 Å². The molecular weight excluding hydrogens is 304 g/mol. The quantitative estimate of drug-likeness (QED) is 0.829. The molecule has 2 amide bonds. The van der Waals surface area contributed by atoms with Gasteiger partial charge in [-0.25, -0.2) is 9.78 Å². The van der Waals surface area contributed by atoms with Gasteiger partial charge in [0.1, 0.15) is 0 Å². The van der Waals surface area contributed by atoms with Crippen LogP contribution in [-0.4, -0.2) is 48.1 Å². The molecule has 1 aromatic heterocycles. The van der Waals surface area contributed by atoms with Crippen molar-refractivity contribution in [1.29, 1.82) is 0 Å². The number of nitrogens with one attached hydrogen (secondary N) is 2. The molecule has 0 fully saturated rings. The minimum atomic E-state index is -0.482. The van der Waals surface area contributed by atoms with Crippen molar-refractivity contribution in [3.8, 4) is 0 Å². The summed E-state index contributed by atoms with van der Waals surface area (Å²) in [6, 6.07) is 0. The van der Waals surface area contributed by atoms with Crippen molar-refractivity contribution in [2.24, 2.45) is 0 Å². The Bertz CT molecular complexity index is 532. The Morgan fingerprint density at radius 2 is 2.23 bits per heavy atom. The summed E-state index contributed by atoms with van der Waals surface area (Å²) in [5.74, 6) is 0.0553. The summed E-state index contributed by atoms with van der Waals surface area (Å²) in [4.78, 5) is 30.8. The maximum Gasteiger partial charge on any atom is 0.413 e. The lowest BCUT2D eigenvalue weighted by Gasteiger charge is -2.25. The smallest absolute Gasteiger partial charge is 0.413 e. The molecule has 1 aromatic rings. The second kappa shape index (κ2) is 8.09. The molecule has 0 aliphatic carbocycles. The molecule has 0 atom stereocenters. The number of carbonyl (C=O) groups excluding carboxylic acids is 2. The fourth-order valence-corrected chi connectivity index (χ4v) is 3.25.